The van der Waals surface area contributed by atoms with Gasteiger partial charge in [-0.25, -0.2) is 8.42 Å². The minimum atomic E-state index is -4.36. The van der Waals surface area contributed by atoms with Crippen molar-refractivity contribution in [3.8, 4) is 11.5 Å². The molecule has 43 heavy (non-hydrogen) atoms. The zero-order valence-corrected chi connectivity index (χ0v) is 27.5. The fraction of sp³-hybridized carbons (Fsp3) is 0.333. The van der Waals surface area contributed by atoms with Crippen LogP contribution in [0.25, 0.3) is 0 Å². The molecular formula is C30H34Cl3N3O6S. The van der Waals surface area contributed by atoms with Gasteiger partial charge in [0, 0.05) is 39.3 Å². The Kier molecular flexibility index (Phi) is 12.0. The quantitative estimate of drug-likeness (QED) is 0.233. The normalized spacial score (nSPS) is 12.0. The number of carbonyl (C=O) groups excluding carboxylic acids is 2. The molecule has 0 spiro atoms. The summed E-state index contributed by atoms with van der Waals surface area (Å²) in [5.74, 6) is -0.520. The highest BCUT2D eigenvalue weighted by atomic mass is 35.5. The van der Waals surface area contributed by atoms with Gasteiger partial charge in [-0.05, 0) is 68.8 Å². The van der Waals surface area contributed by atoms with E-state index in [9.17, 15) is 18.0 Å². The molecular weight excluding hydrogens is 637 g/mol. The SMILES string of the molecule is CCC(C(=O)NC(C)C)N(Cc1c(Cl)cccc1Cl)C(=O)CN(c1ccc(Cl)cc1)S(=O)(=O)c1ccc(OC)c(OC)c1. The molecule has 0 heterocycles. The number of anilines is 1. The zero-order valence-electron chi connectivity index (χ0n) is 24.4. The molecule has 13 heteroatoms. The van der Waals surface area contributed by atoms with E-state index >= 15 is 0 Å². The van der Waals surface area contributed by atoms with Crippen LogP contribution in [0, 0.1) is 0 Å². The molecule has 232 valence electrons. The number of hydrogen-bond acceptors (Lipinski definition) is 6. The fourth-order valence-corrected chi connectivity index (χ4v) is 6.47. The minimum absolute atomic E-state index is 0.133. The highest BCUT2D eigenvalue weighted by Crippen LogP contribution is 2.33. The van der Waals surface area contributed by atoms with Crippen LogP contribution in [0.2, 0.25) is 15.1 Å². The van der Waals surface area contributed by atoms with E-state index in [1.807, 2.05) is 0 Å². The maximum Gasteiger partial charge on any atom is 0.264 e. The van der Waals surface area contributed by atoms with Gasteiger partial charge in [0.05, 0.1) is 24.8 Å². The molecule has 1 atom stereocenters. The molecule has 0 aliphatic heterocycles. The van der Waals surface area contributed by atoms with Gasteiger partial charge < -0.3 is 19.7 Å². The standard InChI is InChI=1S/C30H34Cl3N3O6S/c1-6-26(30(38)34-19(2)3)35(17-23-24(32)8-7-9-25(23)33)29(37)18-36(21-12-10-20(31)11-13-21)43(39,40)22-14-15-27(41-4)28(16-22)42-5/h7-16,19,26H,6,17-18H2,1-5H3,(H,34,38). The molecule has 0 radical (unpaired) electrons. The summed E-state index contributed by atoms with van der Waals surface area (Å²) in [7, 11) is -1.54. The molecule has 3 aromatic rings. The highest BCUT2D eigenvalue weighted by molar-refractivity contribution is 7.92. The van der Waals surface area contributed by atoms with Gasteiger partial charge in [-0.3, -0.25) is 13.9 Å². The summed E-state index contributed by atoms with van der Waals surface area (Å²) >= 11 is 19.0. The van der Waals surface area contributed by atoms with Crippen LogP contribution in [0.4, 0.5) is 5.69 Å². The Balaban J connectivity index is 2.14. The van der Waals surface area contributed by atoms with Crippen molar-refractivity contribution in [3.05, 3.63) is 81.3 Å². The van der Waals surface area contributed by atoms with Crippen molar-refractivity contribution in [2.45, 2.75) is 50.7 Å². The Morgan fingerprint density at radius 3 is 2.05 bits per heavy atom. The molecule has 0 aliphatic rings. The van der Waals surface area contributed by atoms with Gasteiger partial charge in [0.2, 0.25) is 11.8 Å². The van der Waals surface area contributed by atoms with Crippen molar-refractivity contribution in [2.24, 2.45) is 0 Å². The number of hydrogen-bond donors (Lipinski definition) is 1. The van der Waals surface area contributed by atoms with E-state index in [1.54, 1.807) is 39.0 Å². The maximum atomic E-state index is 14.2. The van der Waals surface area contributed by atoms with Crippen LogP contribution in [0.5, 0.6) is 11.5 Å². The number of halogens is 3. The Morgan fingerprint density at radius 2 is 1.51 bits per heavy atom. The number of methoxy groups -OCH3 is 2. The third kappa shape index (κ3) is 8.26. The lowest BCUT2D eigenvalue weighted by atomic mass is 10.1. The average Bonchev–Trinajstić information content (AvgIpc) is 2.96. The van der Waals surface area contributed by atoms with E-state index in [2.05, 4.69) is 5.32 Å². The van der Waals surface area contributed by atoms with Gasteiger partial charge in [0.25, 0.3) is 10.0 Å². The highest BCUT2D eigenvalue weighted by Gasteiger charge is 2.34. The van der Waals surface area contributed by atoms with E-state index < -0.39 is 34.4 Å². The minimum Gasteiger partial charge on any atom is -0.493 e. The van der Waals surface area contributed by atoms with Crippen molar-refractivity contribution in [1.82, 2.24) is 10.2 Å². The molecule has 0 saturated heterocycles. The first kappa shape index (κ1) is 34.3. The van der Waals surface area contributed by atoms with Crippen LogP contribution in [0.3, 0.4) is 0 Å². The average molecular weight is 671 g/mol. The van der Waals surface area contributed by atoms with Crippen molar-refractivity contribution < 1.29 is 27.5 Å². The smallest absolute Gasteiger partial charge is 0.264 e. The number of sulfonamides is 1. The number of benzene rings is 3. The molecule has 0 aromatic heterocycles. The first-order valence-electron chi connectivity index (χ1n) is 13.4. The predicted octanol–water partition coefficient (Wildman–Crippen LogP) is 6.19. The molecule has 1 N–H and O–H groups in total. The van der Waals surface area contributed by atoms with E-state index in [-0.39, 0.29) is 35.3 Å². The second-order valence-electron chi connectivity index (χ2n) is 9.81. The number of nitrogens with zero attached hydrogens (tertiary/aromatic N) is 2. The topological polar surface area (TPSA) is 105 Å². The Labute approximate surface area is 267 Å². The summed E-state index contributed by atoms with van der Waals surface area (Å²) in [6.07, 6.45) is 0.246. The summed E-state index contributed by atoms with van der Waals surface area (Å²) < 4.78 is 39.8. The third-order valence-corrected chi connectivity index (χ3v) is 9.27. The van der Waals surface area contributed by atoms with Crippen LogP contribution >= 0.6 is 34.8 Å². The molecule has 3 rings (SSSR count). The summed E-state index contributed by atoms with van der Waals surface area (Å²) in [5.41, 5.74) is 0.610. The number of amides is 2. The van der Waals surface area contributed by atoms with Crippen LogP contribution in [-0.2, 0) is 26.2 Å². The summed E-state index contributed by atoms with van der Waals surface area (Å²) in [6, 6.07) is 13.9. The molecule has 9 nitrogen and oxygen atoms in total. The second kappa shape index (κ2) is 15.0. The van der Waals surface area contributed by atoms with Gasteiger partial charge >= 0.3 is 0 Å². The molecule has 1 unspecified atom stereocenters. The van der Waals surface area contributed by atoms with Gasteiger partial charge in [-0.1, -0.05) is 47.8 Å². The summed E-state index contributed by atoms with van der Waals surface area (Å²) in [4.78, 5) is 28.6. The largest absolute Gasteiger partial charge is 0.493 e. The number of nitrogens with one attached hydrogen (secondary N) is 1. The second-order valence-corrected chi connectivity index (χ2v) is 12.9. The number of carbonyl (C=O) groups is 2. The van der Waals surface area contributed by atoms with Gasteiger partial charge in [0.15, 0.2) is 11.5 Å². The van der Waals surface area contributed by atoms with Crippen molar-refractivity contribution >= 4 is 62.3 Å². The molecule has 0 bridgehead atoms. The van der Waals surface area contributed by atoms with Crippen LogP contribution in [-0.4, -0.2) is 58.0 Å². The van der Waals surface area contributed by atoms with Crippen LogP contribution in [0.1, 0.15) is 32.8 Å². The maximum absolute atomic E-state index is 14.2. The van der Waals surface area contributed by atoms with E-state index in [0.717, 1.165) is 4.31 Å². The molecule has 0 aliphatic carbocycles. The van der Waals surface area contributed by atoms with Crippen LogP contribution in [0.15, 0.2) is 65.6 Å². The van der Waals surface area contributed by atoms with E-state index in [1.165, 1.54) is 61.6 Å². The van der Waals surface area contributed by atoms with Crippen molar-refractivity contribution in [1.29, 1.82) is 0 Å². The van der Waals surface area contributed by atoms with Crippen molar-refractivity contribution in [2.75, 3.05) is 25.1 Å². The van der Waals surface area contributed by atoms with Gasteiger partial charge in [-0.2, -0.15) is 0 Å². The monoisotopic (exact) mass is 669 g/mol. The van der Waals surface area contributed by atoms with Crippen LogP contribution < -0.4 is 19.1 Å². The summed E-state index contributed by atoms with van der Waals surface area (Å²) in [6.45, 7) is 4.59. The predicted molar refractivity (Wildman–Crippen MR) is 170 cm³/mol. The molecule has 0 fully saturated rings. The Bertz CT molecular complexity index is 1530. The summed E-state index contributed by atoms with van der Waals surface area (Å²) in [5, 5.41) is 3.83. The number of ether oxygens (including phenoxy) is 2. The van der Waals surface area contributed by atoms with Gasteiger partial charge in [-0.15, -0.1) is 0 Å². The molecule has 3 aromatic carbocycles. The van der Waals surface area contributed by atoms with Gasteiger partial charge in [0.1, 0.15) is 12.6 Å². The lowest BCUT2D eigenvalue weighted by molar-refractivity contribution is -0.140. The van der Waals surface area contributed by atoms with Crippen molar-refractivity contribution in [3.63, 3.8) is 0 Å². The lowest BCUT2D eigenvalue weighted by Gasteiger charge is -2.34. The van der Waals surface area contributed by atoms with E-state index in [4.69, 9.17) is 44.3 Å². The first-order chi connectivity index (χ1) is 20.3. The lowest BCUT2D eigenvalue weighted by Crippen LogP contribution is -2.53. The first-order valence-corrected chi connectivity index (χ1v) is 15.9. The number of rotatable bonds is 13. The molecule has 2 amide bonds. The van der Waals surface area contributed by atoms with E-state index in [0.29, 0.717) is 26.4 Å². The molecule has 0 saturated carbocycles. The Morgan fingerprint density at radius 1 is 0.907 bits per heavy atom. The fourth-order valence-electron chi connectivity index (χ4n) is 4.39. The third-order valence-electron chi connectivity index (χ3n) is 6.54. The Hall–Kier alpha value is -3.18. The zero-order chi connectivity index (χ0) is 31.9.